The van der Waals surface area contributed by atoms with Crippen molar-refractivity contribution in [1.82, 2.24) is 9.55 Å². The Morgan fingerprint density at radius 3 is 2.81 bits per heavy atom. The lowest BCUT2D eigenvalue weighted by atomic mass is 10.3. The summed E-state index contributed by atoms with van der Waals surface area (Å²) in [6.45, 7) is 0.206. The number of hydrogen-bond donors (Lipinski definition) is 1. The molecule has 0 saturated carbocycles. The van der Waals surface area contributed by atoms with Crippen LogP contribution >= 0.6 is 23.4 Å². The van der Waals surface area contributed by atoms with Crippen LogP contribution in [0.4, 0.5) is 0 Å². The molecule has 1 aromatic heterocycles. The van der Waals surface area contributed by atoms with Crippen molar-refractivity contribution in [2.75, 3.05) is 17.8 Å². The summed E-state index contributed by atoms with van der Waals surface area (Å²) in [5, 5.41) is 9.67. The number of aryl methyl sites for hydroxylation is 1. The molecule has 2 rings (SSSR count). The van der Waals surface area contributed by atoms with Crippen molar-refractivity contribution in [2.45, 2.75) is 11.7 Å². The molecular formula is C12H13ClN2O4S2. The van der Waals surface area contributed by atoms with E-state index in [1.165, 1.54) is 0 Å². The quantitative estimate of drug-likeness (QED) is 0.802. The van der Waals surface area contributed by atoms with Gasteiger partial charge in [-0.05, 0) is 12.1 Å². The Morgan fingerprint density at radius 1 is 1.48 bits per heavy atom. The van der Waals surface area contributed by atoms with Crippen molar-refractivity contribution >= 4 is 50.2 Å². The average Bonchev–Trinajstić information content (AvgIpc) is 2.72. The molecule has 0 radical (unpaired) electrons. The zero-order chi connectivity index (χ0) is 15.6. The minimum atomic E-state index is -3.13. The molecule has 0 unspecified atom stereocenters. The first-order valence-corrected chi connectivity index (χ1v) is 9.37. The van der Waals surface area contributed by atoms with E-state index in [0.29, 0.717) is 21.2 Å². The molecule has 0 amide bonds. The summed E-state index contributed by atoms with van der Waals surface area (Å²) in [7, 11) is -3.13. The molecule has 0 saturated heterocycles. The zero-order valence-electron chi connectivity index (χ0n) is 11.1. The summed E-state index contributed by atoms with van der Waals surface area (Å²) < 4.78 is 24.4. The van der Waals surface area contributed by atoms with Crippen molar-refractivity contribution in [1.29, 1.82) is 0 Å². The number of imidazole rings is 1. The standard InChI is InChI=1S/C12H13ClN2O4S2/c1-21(18,19)6-5-15-9-4-2-3-8(13)11(9)14-12(15)20-7-10(16)17/h2-4H,5-7H2,1H3,(H,16,17). The Kier molecular flexibility index (Phi) is 4.80. The predicted octanol–water partition coefficient (Wildman–Crippen LogP) is 1.91. The number of carbonyl (C=O) groups is 1. The Morgan fingerprint density at radius 2 is 2.19 bits per heavy atom. The second kappa shape index (κ2) is 6.25. The van der Waals surface area contributed by atoms with Gasteiger partial charge in [-0.1, -0.05) is 29.4 Å². The Balaban J connectivity index is 2.44. The molecular weight excluding hydrogens is 336 g/mol. The van der Waals surface area contributed by atoms with Crippen molar-refractivity contribution in [3.05, 3.63) is 23.2 Å². The highest BCUT2D eigenvalue weighted by Gasteiger charge is 2.16. The van der Waals surface area contributed by atoms with Gasteiger partial charge in [-0.3, -0.25) is 4.79 Å². The van der Waals surface area contributed by atoms with E-state index in [-0.39, 0.29) is 18.1 Å². The number of aliphatic carboxylic acids is 1. The SMILES string of the molecule is CS(=O)(=O)CCn1c(SCC(=O)O)nc2c(Cl)cccc21. The number of aromatic nitrogens is 2. The van der Waals surface area contributed by atoms with Gasteiger partial charge in [0.05, 0.1) is 22.0 Å². The van der Waals surface area contributed by atoms with Gasteiger partial charge in [-0.25, -0.2) is 13.4 Å². The lowest BCUT2D eigenvalue weighted by molar-refractivity contribution is -0.133. The molecule has 0 spiro atoms. The molecule has 1 aromatic carbocycles. The number of carboxylic acid groups (broad SMARTS) is 1. The first kappa shape index (κ1) is 16.1. The van der Waals surface area contributed by atoms with Crippen molar-refractivity contribution in [3.63, 3.8) is 0 Å². The number of thioether (sulfide) groups is 1. The van der Waals surface area contributed by atoms with E-state index in [2.05, 4.69) is 4.98 Å². The van der Waals surface area contributed by atoms with Crippen LogP contribution in [0.1, 0.15) is 0 Å². The summed E-state index contributed by atoms with van der Waals surface area (Å²) in [6, 6.07) is 5.21. The lowest BCUT2D eigenvalue weighted by Crippen LogP contribution is -2.12. The van der Waals surface area contributed by atoms with Crippen LogP contribution in [0.3, 0.4) is 0 Å². The van der Waals surface area contributed by atoms with Gasteiger partial charge in [-0.2, -0.15) is 0 Å². The van der Waals surface area contributed by atoms with Crippen LogP contribution in [0.2, 0.25) is 5.02 Å². The monoisotopic (exact) mass is 348 g/mol. The fourth-order valence-electron chi connectivity index (χ4n) is 1.80. The minimum Gasteiger partial charge on any atom is -0.481 e. The molecule has 0 aliphatic heterocycles. The Bertz CT molecular complexity index is 786. The normalized spacial score (nSPS) is 11.9. The number of carboxylic acids is 1. The molecule has 0 fully saturated rings. The number of benzene rings is 1. The molecule has 6 nitrogen and oxygen atoms in total. The fraction of sp³-hybridized carbons (Fsp3) is 0.333. The van der Waals surface area contributed by atoms with Gasteiger partial charge in [0, 0.05) is 12.8 Å². The van der Waals surface area contributed by atoms with Crippen LogP contribution in [0.5, 0.6) is 0 Å². The first-order valence-electron chi connectivity index (χ1n) is 5.95. The van der Waals surface area contributed by atoms with E-state index in [1.54, 1.807) is 22.8 Å². The van der Waals surface area contributed by atoms with Crippen LogP contribution in [-0.2, 0) is 21.2 Å². The molecule has 0 bridgehead atoms. The van der Waals surface area contributed by atoms with Gasteiger partial charge in [0.25, 0.3) is 0 Å². The topological polar surface area (TPSA) is 89.3 Å². The van der Waals surface area contributed by atoms with Crippen LogP contribution in [0.15, 0.2) is 23.4 Å². The number of rotatable bonds is 6. The van der Waals surface area contributed by atoms with Crippen LogP contribution < -0.4 is 0 Å². The summed E-state index contributed by atoms with van der Waals surface area (Å²) in [6.07, 6.45) is 1.16. The predicted molar refractivity (Wildman–Crippen MR) is 82.8 cm³/mol. The molecule has 2 aromatic rings. The van der Waals surface area contributed by atoms with Gasteiger partial charge in [0.1, 0.15) is 15.4 Å². The summed E-state index contributed by atoms with van der Waals surface area (Å²) in [5.41, 5.74) is 1.24. The highest BCUT2D eigenvalue weighted by molar-refractivity contribution is 7.99. The number of fused-ring (bicyclic) bond motifs is 1. The van der Waals surface area contributed by atoms with E-state index in [9.17, 15) is 13.2 Å². The molecule has 114 valence electrons. The number of hydrogen-bond acceptors (Lipinski definition) is 5. The number of para-hydroxylation sites is 1. The Labute approximate surface area is 131 Å². The maximum Gasteiger partial charge on any atom is 0.313 e. The summed E-state index contributed by atoms with van der Waals surface area (Å²) >= 11 is 7.11. The molecule has 0 atom stereocenters. The number of sulfone groups is 1. The second-order valence-corrected chi connectivity index (χ2v) is 8.08. The van der Waals surface area contributed by atoms with Gasteiger partial charge in [-0.15, -0.1) is 0 Å². The minimum absolute atomic E-state index is 0.0500. The largest absolute Gasteiger partial charge is 0.481 e. The van der Waals surface area contributed by atoms with E-state index in [4.69, 9.17) is 16.7 Å². The van der Waals surface area contributed by atoms with Crippen LogP contribution in [0.25, 0.3) is 11.0 Å². The molecule has 0 aliphatic carbocycles. The number of halogens is 1. The zero-order valence-corrected chi connectivity index (χ0v) is 13.5. The molecule has 0 aliphatic rings. The summed E-state index contributed by atoms with van der Waals surface area (Å²) in [5.74, 6) is -1.17. The first-order chi connectivity index (χ1) is 9.78. The molecule has 21 heavy (non-hydrogen) atoms. The van der Waals surface area contributed by atoms with E-state index < -0.39 is 15.8 Å². The van der Waals surface area contributed by atoms with Crippen LogP contribution in [0, 0.1) is 0 Å². The van der Waals surface area contributed by atoms with Crippen LogP contribution in [-0.4, -0.2) is 46.8 Å². The van der Waals surface area contributed by atoms with Crippen molar-refractivity contribution < 1.29 is 18.3 Å². The second-order valence-electron chi connectivity index (χ2n) is 4.47. The van der Waals surface area contributed by atoms with Crippen molar-refractivity contribution in [2.24, 2.45) is 0 Å². The average molecular weight is 349 g/mol. The van der Waals surface area contributed by atoms with E-state index in [0.717, 1.165) is 18.0 Å². The summed E-state index contributed by atoms with van der Waals surface area (Å²) in [4.78, 5) is 15.0. The smallest absolute Gasteiger partial charge is 0.313 e. The highest BCUT2D eigenvalue weighted by Crippen LogP contribution is 2.28. The molecule has 1 heterocycles. The van der Waals surface area contributed by atoms with Gasteiger partial charge in [0.15, 0.2) is 5.16 Å². The van der Waals surface area contributed by atoms with E-state index >= 15 is 0 Å². The Hall–Kier alpha value is -1.25. The molecule has 1 N–H and O–H groups in total. The maximum atomic E-state index is 11.3. The maximum absolute atomic E-state index is 11.3. The van der Waals surface area contributed by atoms with E-state index in [1.807, 2.05) is 0 Å². The number of nitrogens with zero attached hydrogens (tertiary/aromatic N) is 2. The van der Waals surface area contributed by atoms with Gasteiger partial charge >= 0.3 is 5.97 Å². The molecule has 9 heteroatoms. The third-order valence-electron chi connectivity index (χ3n) is 2.71. The third-order valence-corrected chi connectivity index (χ3v) is 4.90. The van der Waals surface area contributed by atoms with Gasteiger partial charge < -0.3 is 9.67 Å². The third kappa shape index (κ3) is 4.12. The van der Waals surface area contributed by atoms with Gasteiger partial charge in [0.2, 0.25) is 0 Å². The van der Waals surface area contributed by atoms with Crippen molar-refractivity contribution in [3.8, 4) is 0 Å². The fourth-order valence-corrected chi connectivity index (χ4v) is 3.28. The highest BCUT2D eigenvalue weighted by atomic mass is 35.5. The lowest BCUT2D eigenvalue weighted by Gasteiger charge is -2.07.